The summed E-state index contributed by atoms with van der Waals surface area (Å²) in [6.45, 7) is 0.819. The average molecular weight is 268 g/mol. The van der Waals surface area contributed by atoms with Crippen LogP contribution >= 0.6 is 0 Å². The van der Waals surface area contributed by atoms with Crippen LogP contribution in [0.2, 0.25) is 0 Å². The second-order valence-electron chi connectivity index (χ2n) is 4.53. The topological polar surface area (TPSA) is 43.6 Å². The Kier molecular flexibility index (Phi) is 2.76. The van der Waals surface area contributed by atoms with E-state index >= 15 is 0 Å². The van der Waals surface area contributed by atoms with E-state index < -0.39 is 11.9 Å². The van der Waals surface area contributed by atoms with Crippen LogP contribution in [0.4, 0.5) is 13.2 Å². The van der Waals surface area contributed by atoms with Gasteiger partial charge >= 0.3 is 6.18 Å². The van der Waals surface area contributed by atoms with Gasteiger partial charge in [-0.1, -0.05) is 0 Å². The van der Waals surface area contributed by atoms with Gasteiger partial charge < -0.3 is 0 Å². The lowest BCUT2D eigenvalue weighted by Gasteiger charge is -2.11. The van der Waals surface area contributed by atoms with E-state index in [1.54, 1.807) is 0 Å². The molecular formula is C12H11F3N4. The van der Waals surface area contributed by atoms with E-state index in [1.165, 1.54) is 6.20 Å². The summed E-state index contributed by atoms with van der Waals surface area (Å²) < 4.78 is 39.6. The Bertz CT molecular complexity index is 580. The highest BCUT2D eigenvalue weighted by Gasteiger charge is 2.33. The SMILES string of the molecule is FC(F)(F)c1cc(-c2cc3n(n2)CCCC3)cnn1. The molecule has 0 spiro atoms. The van der Waals surface area contributed by atoms with Crippen LogP contribution in [0.3, 0.4) is 0 Å². The molecule has 1 aliphatic heterocycles. The number of fused-ring (bicyclic) bond motifs is 1. The van der Waals surface area contributed by atoms with Gasteiger partial charge in [0.1, 0.15) is 0 Å². The van der Waals surface area contributed by atoms with E-state index in [0.717, 1.165) is 37.6 Å². The molecule has 100 valence electrons. The number of halogens is 3. The molecular weight excluding hydrogens is 257 g/mol. The summed E-state index contributed by atoms with van der Waals surface area (Å²) in [6, 6.07) is 2.82. The van der Waals surface area contributed by atoms with E-state index in [0.29, 0.717) is 11.3 Å². The van der Waals surface area contributed by atoms with Gasteiger partial charge in [0.15, 0.2) is 5.69 Å². The summed E-state index contributed by atoms with van der Waals surface area (Å²) in [6.07, 6.45) is -0.117. The molecule has 3 heterocycles. The first-order valence-corrected chi connectivity index (χ1v) is 6.01. The van der Waals surface area contributed by atoms with Gasteiger partial charge in [-0.15, -0.1) is 5.10 Å². The standard InChI is InChI=1S/C12H11F3N4/c13-12(14,15)11-5-8(7-16-17-11)10-6-9-3-1-2-4-19(9)18-10/h5-7H,1-4H2. The van der Waals surface area contributed by atoms with Crippen LogP contribution in [-0.2, 0) is 19.1 Å². The van der Waals surface area contributed by atoms with Crippen LogP contribution in [-0.4, -0.2) is 20.0 Å². The minimum atomic E-state index is -4.48. The van der Waals surface area contributed by atoms with Gasteiger partial charge in [-0.25, -0.2) is 0 Å². The van der Waals surface area contributed by atoms with Crippen LogP contribution in [0, 0.1) is 0 Å². The lowest BCUT2D eigenvalue weighted by atomic mass is 10.1. The van der Waals surface area contributed by atoms with E-state index in [1.807, 2.05) is 10.7 Å². The Balaban J connectivity index is 2.00. The van der Waals surface area contributed by atoms with Crippen molar-refractivity contribution in [3.63, 3.8) is 0 Å². The van der Waals surface area contributed by atoms with Crippen molar-refractivity contribution >= 4 is 0 Å². The molecule has 0 amide bonds. The summed E-state index contributed by atoms with van der Waals surface area (Å²) in [5, 5.41) is 10.8. The van der Waals surface area contributed by atoms with Crippen molar-refractivity contribution in [2.45, 2.75) is 32.0 Å². The van der Waals surface area contributed by atoms with Crippen molar-refractivity contribution in [3.8, 4) is 11.3 Å². The monoisotopic (exact) mass is 268 g/mol. The minimum absolute atomic E-state index is 0.351. The summed E-state index contributed by atoms with van der Waals surface area (Å²) in [5.74, 6) is 0. The molecule has 0 radical (unpaired) electrons. The number of aromatic nitrogens is 4. The number of aryl methyl sites for hydroxylation is 2. The zero-order valence-corrected chi connectivity index (χ0v) is 9.98. The molecule has 2 aromatic rings. The lowest BCUT2D eigenvalue weighted by molar-refractivity contribution is -0.141. The highest BCUT2D eigenvalue weighted by atomic mass is 19.4. The van der Waals surface area contributed by atoms with Crippen molar-refractivity contribution in [1.29, 1.82) is 0 Å². The molecule has 0 saturated heterocycles. The van der Waals surface area contributed by atoms with E-state index in [2.05, 4.69) is 15.3 Å². The van der Waals surface area contributed by atoms with Crippen LogP contribution in [0.15, 0.2) is 18.3 Å². The molecule has 19 heavy (non-hydrogen) atoms. The number of hydrogen-bond donors (Lipinski definition) is 0. The molecule has 3 rings (SSSR count). The van der Waals surface area contributed by atoms with Crippen LogP contribution < -0.4 is 0 Å². The van der Waals surface area contributed by atoms with E-state index in [9.17, 15) is 13.2 Å². The summed E-state index contributed by atoms with van der Waals surface area (Å²) in [7, 11) is 0. The van der Waals surface area contributed by atoms with Crippen molar-refractivity contribution in [2.75, 3.05) is 0 Å². The molecule has 7 heteroatoms. The maximum Gasteiger partial charge on any atom is 0.435 e. The van der Waals surface area contributed by atoms with Gasteiger partial charge in [0.2, 0.25) is 0 Å². The molecule has 0 bridgehead atoms. The third kappa shape index (κ3) is 2.32. The molecule has 0 fully saturated rings. The van der Waals surface area contributed by atoms with Gasteiger partial charge in [-0.05, 0) is 31.4 Å². The molecule has 0 unspecified atom stereocenters. The van der Waals surface area contributed by atoms with Gasteiger partial charge in [0.05, 0.1) is 11.9 Å². The van der Waals surface area contributed by atoms with Gasteiger partial charge in [-0.3, -0.25) is 4.68 Å². The molecule has 0 N–H and O–H groups in total. The highest BCUT2D eigenvalue weighted by Crippen LogP contribution is 2.30. The molecule has 2 aromatic heterocycles. The van der Waals surface area contributed by atoms with Gasteiger partial charge in [-0.2, -0.15) is 23.4 Å². The summed E-state index contributed by atoms with van der Waals surface area (Å²) >= 11 is 0. The van der Waals surface area contributed by atoms with Crippen LogP contribution in [0.25, 0.3) is 11.3 Å². The van der Waals surface area contributed by atoms with Crippen molar-refractivity contribution in [2.24, 2.45) is 0 Å². The summed E-state index contributed by atoms with van der Waals surface area (Å²) in [5.41, 5.74) is 0.948. The fraction of sp³-hybridized carbons (Fsp3) is 0.417. The van der Waals surface area contributed by atoms with Gasteiger partial charge in [0, 0.05) is 17.8 Å². The Hall–Kier alpha value is -1.92. The number of rotatable bonds is 1. The first-order chi connectivity index (χ1) is 9.04. The third-order valence-corrected chi connectivity index (χ3v) is 3.16. The smallest absolute Gasteiger partial charge is 0.269 e. The molecule has 0 aromatic carbocycles. The van der Waals surface area contributed by atoms with Gasteiger partial charge in [0.25, 0.3) is 0 Å². The second kappa shape index (κ2) is 4.32. The first kappa shape index (κ1) is 12.1. The first-order valence-electron chi connectivity index (χ1n) is 6.01. The number of hydrogen-bond acceptors (Lipinski definition) is 3. The molecule has 0 saturated carbocycles. The maximum atomic E-state index is 12.6. The van der Waals surface area contributed by atoms with Crippen molar-refractivity contribution in [3.05, 3.63) is 29.7 Å². The number of nitrogens with zero attached hydrogens (tertiary/aromatic N) is 4. The lowest BCUT2D eigenvalue weighted by Crippen LogP contribution is -2.10. The Morgan fingerprint density at radius 1 is 1.16 bits per heavy atom. The fourth-order valence-electron chi connectivity index (χ4n) is 2.20. The maximum absolute atomic E-state index is 12.6. The minimum Gasteiger partial charge on any atom is -0.269 e. The largest absolute Gasteiger partial charge is 0.435 e. The quantitative estimate of drug-likeness (QED) is 0.798. The summed E-state index contributed by atoms with van der Waals surface area (Å²) in [4.78, 5) is 0. The Labute approximate surface area is 107 Å². The molecule has 1 aliphatic rings. The Morgan fingerprint density at radius 3 is 2.74 bits per heavy atom. The second-order valence-corrected chi connectivity index (χ2v) is 4.53. The van der Waals surface area contributed by atoms with Crippen LogP contribution in [0.5, 0.6) is 0 Å². The predicted molar refractivity (Wildman–Crippen MR) is 61.2 cm³/mol. The normalized spacial score (nSPS) is 15.3. The predicted octanol–water partition coefficient (Wildman–Crippen LogP) is 2.70. The van der Waals surface area contributed by atoms with E-state index in [4.69, 9.17) is 0 Å². The molecule has 4 nitrogen and oxygen atoms in total. The highest BCUT2D eigenvalue weighted by molar-refractivity contribution is 5.58. The average Bonchev–Trinajstić information content (AvgIpc) is 2.81. The van der Waals surface area contributed by atoms with E-state index in [-0.39, 0.29) is 0 Å². The molecule has 0 atom stereocenters. The third-order valence-electron chi connectivity index (χ3n) is 3.16. The zero-order chi connectivity index (χ0) is 13.5. The van der Waals surface area contributed by atoms with Crippen molar-refractivity contribution < 1.29 is 13.2 Å². The Morgan fingerprint density at radius 2 is 2.00 bits per heavy atom. The van der Waals surface area contributed by atoms with Crippen molar-refractivity contribution in [1.82, 2.24) is 20.0 Å². The zero-order valence-electron chi connectivity index (χ0n) is 9.98. The number of alkyl halides is 3. The fourth-order valence-corrected chi connectivity index (χ4v) is 2.20. The van der Waals surface area contributed by atoms with Crippen LogP contribution in [0.1, 0.15) is 24.2 Å². The molecule has 0 aliphatic carbocycles.